The van der Waals surface area contributed by atoms with Gasteiger partial charge in [-0.2, -0.15) is 5.10 Å². The number of ether oxygens (including phenoxy) is 1. The lowest BCUT2D eigenvalue weighted by molar-refractivity contribution is -0.145. The van der Waals surface area contributed by atoms with E-state index in [1.165, 1.54) is 17.4 Å². The second kappa shape index (κ2) is 9.45. The van der Waals surface area contributed by atoms with Crippen LogP contribution in [0.3, 0.4) is 0 Å². The highest BCUT2D eigenvalue weighted by Crippen LogP contribution is 2.38. The number of hydrogen-bond acceptors (Lipinski definition) is 7. The number of esters is 1. The van der Waals surface area contributed by atoms with Crippen molar-refractivity contribution < 1.29 is 9.53 Å². The van der Waals surface area contributed by atoms with E-state index in [4.69, 9.17) is 10.5 Å². The zero-order valence-electron chi connectivity index (χ0n) is 16.6. The summed E-state index contributed by atoms with van der Waals surface area (Å²) in [4.78, 5) is 12.4. The molecule has 0 spiro atoms. The quantitative estimate of drug-likeness (QED) is 0.452. The average molecular weight is 404 g/mol. The van der Waals surface area contributed by atoms with Crippen molar-refractivity contribution >= 4 is 29.4 Å². The highest BCUT2D eigenvalue weighted by atomic mass is 32.2. The van der Waals surface area contributed by atoms with Crippen LogP contribution in [0.1, 0.15) is 63.3 Å². The molecule has 2 aliphatic rings. The Morgan fingerprint density at radius 1 is 1.39 bits per heavy atom. The number of carbonyl (C=O) groups excluding carboxylic acids is 1. The maximum Gasteiger partial charge on any atom is 0.302 e. The minimum absolute atomic E-state index is 0.0328. The molecule has 8 heteroatoms. The number of carbonyl (C=O) groups is 1. The molecular formula is C20H29N5O2S. The van der Waals surface area contributed by atoms with Crippen LogP contribution in [0.2, 0.25) is 0 Å². The summed E-state index contributed by atoms with van der Waals surface area (Å²) in [5, 5.41) is 10.9. The van der Waals surface area contributed by atoms with E-state index in [-0.39, 0.29) is 12.1 Å². The van der Waals surface area contributed by atoms with E-state index < -0.39 is 0 Å². The number of aromatic amines is 1. The number of fused-ring (bicyclic) bond motifs is 1. The van der Waals surface area contributed by atoms with Gasteiger partial charge in [-0.15, -0.1) is 0 Å². The van der Waals surface area contributed by atoms with Crippen molar-refractivity contribution in [2.45, 2.75) is 63.0 Å². The van der Waals surface area contributed by atoms with Crippen LogP contribution < -0.4 is 15.8 Å². The largest absolute Gasteiger partial charge is 0.463 e. The number of nitrogens with one attached hydrogen (secondary N) is 3. The summed E-state index contributed by atoms with van der Waals surface area (Å²) in [6.45, 7) is 6.28. The van der Waals surface area contributed by atoms with Crippen LogP contribution in [-0.4, -0.2) is 28.8 Å². The van der Waals surface area contributed by atoms with E-state index in [2.05, 4.69) is 51.4 Å². The highest BCUT2D eigenvalue weighted by molar-refractivity contribution is 7.97. The molecule has 1 fully saturated rings. The first-order chi connectivity index (χ1) is 13.5. The molecule has 1 aliphatic carbocycles. The zero-order valence-corrected chi connectivity index (χ0v) is 17.4. The Kier molecular flexibility index (Phi) is 6.98. The molecular weight excluding hydrogens is 374 g/mol. The molecule has 0 amide bonds. The average Bonchev–Trinajstić information content (AvgIpc) is 3.37. The van der Waals surface area contributed by atoms with Crippen LogP contribution in [0.15, 0.2) is 29.2 Å². The standard InChI is InChI=1S/C18H22N4O2S.C2H7N/c1-10-15-8-13(4-6-17(15)25-22-10)19-18-9-16(20-21-18)12-3-5-14(7-12)24-11(2)23;1-2-3/h4,6,8-10,12,14,22H,3,5,7H2,1-2H3,(H2,19,20,21);2-3H2,1H3. The summed E-state index contributed by atoms with van der Waals surface area (Å²) in [5.41, 5.74) is 8.30. The van der Waals surface area contributed by atoms with Gasteiger partial charge >= 0.3 is 5.97 Å². The number of nitrogens with two attached hydrogens (primary N) is 1. The molecule has 7 nitrogen and oxygen atoms in total. The number of rotatable bonds is 4. The SMILES string of the molecule is CC(=O)OC1CCC(c2cc(Nc3ccc4c(c3)C(C)NS4)n[nH]2)C1.CCN. The van der Waals surface area contributed by atoms with E-state index in [9.17, 15) is 4.79 Å². The maximum atomic E-state index is 11.1. The predicted molar refractivity (Wildman–Crippen MR) is 113 cm³/mol. The fraction of sp³-hybridized carbons (Fsp3) is 0.500. The summed E-state index contributed by atoms with van der Waals surface area (Å²) in [6, 6.07) is 8.80. The summed E-state index contributed by atoms with van der Waals surface area (Å²) in [5.74, 6) is 0.987. The van der Waals surface area contributed by atoms with Crippen molar-refractivity contribution in [3.8, 4) is 0 Å². The smallest absolute Gasteiger partial charge is 0.302 e. The Balaban J connectivity index is 0.000000706. The number of hydrogen-bond donors (Lipinski definition) is 4. The van der Waals surface area contributed by atoms with Gasteiger partial charge in [0, 0.05) is 41.2 Å². The molecule has 28 heavy (non-hydrogen) atoms. The van der Waals surface area contributed by atoms with Crippen molar-refractivity contribution in [1.29, 1.82) is 0 Å². The maximum absolute atomic E-state index is 11.1. The third kappa shape index (κ3) is 5.06. The molecule has 0 bridgehead atoms. The number of nitrogens with zero attached hydrogens (tertiary/aromatic N) is 1. The van der Waals surface area contributed by atoms with Gasteiger partial charge in [0.2, 0.25) is 0 Å². The molecule has 0 radical (unpaired) electrons. The van der Waals surface area contributed by atoms with Gasteiger partial charge in [-0.1, -0.05) is 6.92 Å². The summed E-state index contributed by atoms with van der Waals surface area (Å²) in [7, 11) is 0. The fourth-order valence-electron chi connectivity index (χ4n) is 3.59. The van der Waals surface area contributed by atoms with Crippen LogP contribution in [0.5, 0.6) is 0 Å². The molecule has 1 aliphatic heterocycles. The lowest BCUT2D eigenvalue weighted by Crippen LogP contribution is -2.12. The first-order valence-corrected chi connectivity index (χ1v) is 10.6. The normalized spacial score (nSPS) is 22.9. The van der Waals surface area contributed by atoms with Crippen molar-refractivity contribution in [2.75, 3.05) is 11.9 Å². The van der Waals surface area contributed by atoms with Gasteiger partial charge in [-0.05, 0) is 68.4 Å². The van der Waals surface area contributed by atoms with Crippen molar-refractivity contribution in [1.82, 2.24) is 14.9 Å². The zero-order chi connectivity index (χ0) is 20.1. The molecule has 2 heterocycles. The van der Waals surface area contributed by atoms with Crippen LogP contribution in [0.25, 0.3) is 0 Å². The van der Waals surface area contributed by atoms with Gasteiger partial charge in [0.25, 0.3) is 0 Å². The lowest BCUT2D eigenvalue weighted by atomic mass is 10.0. The van der Waals surface area contributed by atoms with Gasteiger partial charge in [-0.25, -0.2) is 0 Å². The topological polar surface area (TPSA) is 105 Å². The summed E-state index contributed by atoms with van der Waals surface area (Å²) in [6.07, 6.45) is 2.82. The van der Waals surface area contributed by atoms with Gasteiger partial charge in [0.15, 0.2) is 5.82 Å². The molecule has 1 saturated carbocycles. The van der Waals surface area contributed by atoms with Gasteiger partial charge < -0.3 is 15.8 Å². The van der Waals surface area contributed by atoms with Gasteiger partial charge in [0.05, 0.1) is 0 Å². The Morgan fingerprint density at radius 3 is 2.93 bits per heavy atom. The molecule has 3 unspecified atom stereocenters. The van der Waals surface area contributed by atoms with Crippen molar-refractivity contribution in [3.05, 3.63) is 35.5 Å². The summed E-state index contributed by atoms with van der Waals surface area (Å²) < 4.78 is 8.69. The molecule has 2 aromatic rings. The van der Waals surface area contributed by atoms with E-state index in [1.807, 2.05) is 6.92 Å². The van der Waals surface area contributed by atoms with E-state index in [0.717, 1.165) is 43.0 Å². The second-order valence-electron chi connectivity index (χ2n) is 7.18. The minimum atomic E-state index is -0.198. The van der Waals surface area contributed by atoms with Crippen LogP contribution >= 0.6 is 11.9 Å². The monoisotopic (exact) mass is 403 g/mol. The Labute approximate surface area is 170 Å². The van der Waals surface area contributed by atoms with Gasteiger partial charge in [0.1, 0.15) is 6.10 Å². The molecule has 152 valence electrons. The molecule has 4 rings (SSSR count). The first kappa shape index (κ1) is 20.7. The van der Waals surface area contributed by atoms with E-state index in [0.29, 0.717) is 12.0 Å². The second-order valence-corrected chi connectivity index (χ2v) is 8.06. The fourth-order valence-corrected chi connectivity index (χ4v) is 4.52. The molecule has 5 N–H and O–H groups in total. The molecule has 1 aromatic heterocycles. The summed E-state index contributed by atoms with van der Waals surface area (Å²) >= 11 is 1.68. The van der Waals surface area contributed by atoms with Crippen LogP contribution in [0.4, 0.5) is 11.5 Å². The van der Waals surface area contributed by atoms with Crippen molar-refractivity contribution in [2.24, 2.45) is 5.73 Å². The first-order valence-electron chi connectivity index (χ1n) is 9.76. The van der Waals surface area contributed by atoms with Crippen LogP contribution in [0, 0.1) is 0 Å². The number of benzene rings is 1. The van der Waals surface area contributed by atoms with E-state index in [1.54, 1.807) is 11.9 Å². The molecule has 3 atom stereocenters. The molecule has 0 saturated heterocycles. The lowest BCUT2D eigenvalue weighted by Gasteiger charge is -2.10. The minimum Gasteiger partial charge on any atom is -0.463 e. The van der Waals surface area contributed by atoms with Gasteiger partial charge in [-0.3, -0.25) is 14.6 Å². The Morgan fingerprint density at radius 2 is 2.18 bits per heavy atom. The number of anilines is 2. The van der Waals surface area contributed by atoms with Crippen molar-refractivity contribution in [3.63, 3.8) is 0 Å². The third-order valence-corrected chi connectivity index (χ3v) is 5.91. The Bertz CT molecular complexity index is 810. The number of H-pyrrole nitrogens is 1. The Hall–Kier alpha value is -2.03. The number of aromatic nitrogens is 2. The van der Waals surface area contributed by atoms with E-state index >= 15 is 0 Å². The molecule has 1 aromatic carbocycles. The predicted octanol–water partition coefficient (Wildman–Crippen LogP) is 3.99. The third-order valence-electron chi connectivity index (χ3n) is 4.85. The van der Waals surface area contributed by atoms with Crippen LogP contribution in [-0.2, 0) is 9.53 Å². The highest BCUT2D eigenvalue weighted by Gasteiger charge is 2.29.